The van der Waals surface area contributed by atoms with Gasteiger partial charge in [-0.1, -0.05) is 24.3 Å². The van der Waals surface area contributed by atoms with Gasteiger partial charge in [-0.2, -0.15) is 0 Å². The molecule has 3 nitrogen and oxygen atoms in total. The van der Waals surface area contributed by atoms with Crippen LogP contribution in [0.3, 0.4) is 0 Å². The van der Waals surface area contributed by atoms with E-state index in [2.05, 4.69) is 5.32 Å². The van der Waals surface area contributed by atoms with Crippen LogP contribution in [0.15, 0.2) is 24.3 Å². The molecular weight excluding hydrogens is 190 g/mol. The normalized spacial score (nSPS) is 25.9. The Morgan fingerprint density at radius 1 is 1.47 bits per heavy atom. The number of benzene rings is 1. The minimum atomic E-state index is -0.736. The lowest BCUT2D eigenvalue weighted by molar-refractivity contribution is -0.140. The first-order valence-corrected chi connectivity index (χ1v) is 5.05. The van der Waals surface area contributed by atoms with Crippen LogP contribution < -0.4 is 5.32 Å². The van der Waals surface area contributed by atoms with E-state index in [0.29, 0.717) is 0 Å². The molecule has 3 heteroatoms. The van der Waals surface area contributed by atoms with Crippen LogP contribution in [0.5, 0.6) is 0 Å². The summed E-state index contributed by atoms with van der Waals surface area (Å²) in [6.07, 6.45) is 3.72. The molecule has 0 amide bonds. The number of carbonyl (C=O) groups is 1. The molecule has 0 bridgehead atoms. The molecule has 1 aromatic carbocycles. The Bertz CT molecular complexity index is 465. The Morgan fingerprint density at radius 2 is 2.33 bits per heavy atom. The lowest BCUT2D eigenvalue weighted by Gasteiger charge is -2.21. The van der Waals surface area contributed by atoms with Gasteiger partial charge in [0.2, 0.25) is 0 Å². The summed E-state index contributed by atoms with van der Waals surface area (Å²) >= 11 is 0. The largest absolute Gasteiger partial charge is 0.481 e. The molecule has 1 aliphatic carbocycles. The van der Waals surface area contributed by atoms with Gasteiger partial charge in [-0.15, -0.1) is 0 Å². The summed E-state index contributed by atoms with van der Waals surface area (Å²) < 4.78 is 0. The van der Waals surface area contributed by atoms with Gasteiger partial charge in [0.25, 0.3) is 0 Å². The minimum absolute atomic E-state index is 0.0960. The topological polar surface area (TPSA) is 49.3 Å². The number of aliphatic carboxylic acids is 1. The van der Waals surface area contributed by atoms with E-state index in [1.54, 1.807) is 6.08 Å². The van der Waals surface area contributed by atoms with Gasteiger partial charge in [-0.05, 0) is 17.2 Å². The third kappa shape index (κ3) is 1.09. The van der Waals surface area contributed by atoms with Gasteiger partial charge >= 0.3 is 5.97 Å². The van der Waals surface area contributed by atoms with E-state index < -0.39 is 5.97 Å². The fourth-order valence-electron chi connectivity index (χ4n) is 2.52. The summed E-state index contributed by atoms with van der Waals surface area (Å²) in [6.45, 7) is 0.730. The molecule has 0 fully saturated rings. The van der Waals surface area contributed by atoms with E-state index in [4.69, 9.17) is 5.11 Å². The van der Waals surface area contributed by atoms with Gasteiger partial charge in [-0.3, -0.25) is 4.79 Å². The number of hydrogen-bond donors (Lipinski definition) is 2. The van der Waals surface area contributed by atoms with Crippen LogP contribution >= 0.6 is 0 Å². The zero-order valence-electron chi connectivity index (χ0n) is 8.10. The Labute approximate surface area is 87.4 Å². The van der Waals surface area contributed by atoms with Gasteiger partial charge in [0.1, 0.15) is 0 Å². The van der Waals surface area contributed by atoms with E-state index in [1.807, 2.05) is 24.3 Å². The second kappa shape index (κ2) is 2.86. The first-order valence-electron chi connectivity index (χ1n) is 5.05. The predicted octanol–water partition coefficient (Wildman–Crippen LogP) is 1.92. The molecule has 2 unspecified atom stereocenters. The molecule has 15 heavy (non-hydrogen) atoms. The fourth-order valence-corrected chi connectivity index (χ4v) is 2.52. The zero-order valence-corrected chi connectivity index (χ0v) is 8.10. The summed E-state index contributed by atoms with van der Waals surface area (Å²) in [6, 6.07) is 6.04. The van der Waals surface area contributed by atoms with Gasteiger partial charge in [0.15, 0.2) is 0 Å². The van der Waals surface area contributed by atoms with Crippen molar-refractivity contribution in [2.45, 2.75) is 5.92 Å². The number of nitrogens with one attached hydrogen (secondary N) is 1. The first kappa shape index (κ1) is 8.53. The van der Waals surface area contributed by atoms with E-state index >= 15 is 0 Å². The maximum atomic E-state index is 11.1. The van der Waals surface area contributed by atoms with Crippen LogP contribution in [0.4, 0.5) is 5.69 Å². The van der Waals surface area contributed by atoms with E-state index in [1.165, 1.54) is 5.56 Å². The SMILES string of the molecule is O=C(O)C1C=Cc2cccc3c2C1CN3. The van der Waals surface area contributed by atoms with Gasteiger partial charge < -0.3 is 10.4 Å². The molecule has 1 heterocycles. The molecule has 0 radical (unpaired) electrons. The number of hydrogen-bond acceptors (Lipinski definition) is 2. The average Bonchev–Trinajstić information content (AvgIpc) is 2.65. The van der Waals surface area contributed by atoms with E-state index in [0.717, 1.165) is 17.8 Å². The fraction of sp³-hybridized carbons (Fsp3) is 0.250. The lowest BCUT2D eigenvalue weighted by Crippen LogP contribution is -2.23. The van der Waals surface area contributed by atoms with Crippen molar-refractivity contribution >= 4 is 17.7 Å². The zero-order chi connectivity index (χ0) is 10.4. The third-order valence-corrected chi connectivity index (χ3v) is 3.22. The summed E-state index contributed by atoms with van der Waals surface area (Å²) in [5.74, 6) is -1.02. The van der Waals surface area contributed by atoms with E-state index in [9.17, 15) is 4.79 Å². The molecule has 0 aromatic heterocycles. The molecule has 3 rings (SSSR count). The summed E-state index contributed by atoms with van der Waals surface area (Å²) in [4.78, 5) is 11.1. The molecule has 2 N–H and O–H groups in total. The highest BCUT2D eigenvalue weighted by atomic mass is 16.4. The standard InChI is InChI=1S/C12H11NO2/c14-12(15)8-5-4-7-2-1-3-10-11(7)9(8)6-13-10/h1-5,8-9,13H,6H2,(H,14,15). The van der Waals surface area contributed by atoms with Crippen molar-refractivity contribution in [2.24, 2.45) is 5.92 Å². The number of rotatable bonds is 1. The quantitative estimate of drug-likeness (QED) is 0.729. The van der Waals surface area contributed by atoms with Gasteiger partial charge in [-0.25, -0.2) is 0 Å². The molecule has 2 atom stereocenters. The van der Waals surface area contributed by atoms with Crippen LogP contribution in [0.2, 0.25) is 0 Å². The van der Waals surface area contributed by atoms with Gasteiger partial charge in [0, 0.05) is 18.2 Å². The van der Waals surface area contributed by atoms with Crippen LogP contribution in [-0.4, -0.2) is 17.6 Å². The Hall–Kier alpha value is -1.77. The van der Waals surface area contributed by atoms with Crippen molar-refractivity contribution in [3.63, 3.8) is 0 Å². The monoisotopic (exact) mass is 201 g/mol. The second-order valence-electron chi connectivity index (χ2n) is 4.02. The van der Waals surface area contributed by atoms with Crippen LogP contribution in [0, 0.1) is 5.92 Å². The molecule has 0 spiro atoms. The summed E-state index contributed by atoms with van der Waals surface area (Å²) in [5.41, 5.74) is 3.42. The Kier molecular flexibility index (Phi) is 1.63. The van der Waals surface area contributed by atoms with Gasteiger partial charge in [0.05, 0.1) is 5.92 Å². The Balaban J connectivity index is 2.16. The summed E-state index contributed by atoms with van der Waals surface area (Å²) in [5, 5.41) is 12.4. The van der Waals surface area contributed by atoms with Crippen LogP contribution in [0.25, 0.3) is 6.08 Å². The second-order valence-corrected chi connectivity index (χ2v) is 4.02. The number of anilines is 1. The molecular formula is C12H11NO2. The van der Waals surface area contributed by atoms with Crippen LogP contribution in [0.1, 0.15) is 17.0 Å². The smallest absolute Gasteiger partial charge is 0.311 e. The molecule has 0 saturated heterocycles. The highest BCUT2D eigenvalue weighted by molar-refractivity contribution is 5.81. The molecule has 0 saturated carbocycles. The molecule has 76 valence electrons. The molecule has 1 aromatic rings. The van der Waals surface area contributed by atoms with E-state index in [-0.39, 0.29) is 11.8 Å². The Morgan fingerprint density at radius 3 is 3.13 bits per heavy atom. The maximum Gasteiger partial charge on any atom is 0.311 e. The van der Waals surface area contributed by atoms with Crippen molar-refractivity contribution in [1.82, 2.24) is 0 Å². The number of carboxylic acids is 1. The van der Waals surface area contributed by atoms with Crippen molar-refractivity contribution in [1.29, 1.82) is 0 Å². The lowest BCUT2D eigenvalue weighted by atomic mass is 9.81. The average molecular weight is 201 g/mol. The summed E-state index contributed by atoms with van der Waals surface area (Å²) in [7, 11) is 0. The van der Waals surface area contributed by atoms with Crippen molar-refractivity contribution in [2.75, 3.05) is 11.9 Å². The van der Waals surface area contributed by atoms with Crippen molar-refractivity contribution in [3.8, 4) is 0 Å². The minimum Gasteiger partial charge on any atom is -0.481 e. The number of carboxylic acid groups (broad SMARTS) is 1. The first-order chi connectivity index (χ1) is 7.27. The molecule has 1 aliphatic heterocycles. The van der Waals surface area contributed by atoms with Crippen molar-refractivity contribution < 1.29 is 9.90 Å². The van der Waals surface area contributed by atoms with Crippen molar-refractivity contribution in [3.05, 3.63) is 35.4 Å². The predicted molar refractivity (Wildman–Crippen MR) is 57.8 cm³/mol. The highest BCUT2D eigenvalue weighted by Gasteiger charge is 2.36. The highest BCUT2D eigenvalue weighted by Crippen LogP contribution is 2.42. The van der Waals surface area contributed by atoms with Crippen LogP contribution in [-0.2, 0) is 4.79 Å². The third-order valence-electron chi connectivity index (χ3n) is 3.22. The molecule has 2 aliphatic rings. The maximum absolute atomic E-state index is 11.1.